The van der Waals surface area contributed by atoms with Crippen molar-refractivity contribution >= 4 is 153 Å². The zero-order valence-electron chi connectivity index (χ0n) is 27.3. The van der Waals surface area contributed by atoms with Gasteiger partial charge in [0.05, 0.1) is 45.0 Å². The fourth-order valence-corrected chi connectivity index (χ4v) is 22.4. The lowest BCUT2D eigenvalue weighted by Gasteiger charge is -2.09. The summed E-state index contributed by atoms with van der Waals surface area (Å²) in [5, 5.41) is 0. The van der Waals surface area contributed by atoms with Crippen molar-refractivity contribution < 1.29 is 19.1 Å². The molecule has 0 amide bonds. The zero-order valence-corrected chi connectivity index (χ0v) is 37.1. The summed E-state index contributed by atoms with van der Waals surface area (Å²) in [5.74, 6) is 0.509. The molecule has 4 heterocycles. The van der Waals surface area contributed by atoms with Crippen LogP contribution in [0.4, 0.5) is 0 Å². The Bertz CT molecular complexity index is 1580. The van der Waals surface area contributed by atoms with Gasteiger partial charge in [-0.05, 0) is 82.1 Å². The van der Waals surface area contributed by atoms with Crippen molar-refractivity contribution in [2.45, 2.75) is 51.4 Å². The number of esters is 2. The van der Waals surface area contributed by atoms with Crippen molar-refractivity contribution in [3.05, 3.63) is 88.9 Å². The summed E-state index contributed by atoms with van der Waals surface area (Å²) in [6, 6.07) is 6.66. The number of benzene rings is 1. The van der Waals surface area contributed by atoms with Gasteiger partial charge >= 0.3 is 11.9 Å². The number of ether oxygens (including phenoxy) is 2. The molecule has 0 unspecified atom stereocenters. The van der Waals surface area contributed by atoms with Crippen LogP contribution >= 0.6 is 141 Å². The van der Waals surface area contributed by atoms with Crippen molar-refractivity contribution in [3.63, 3.8) is 0 Å². The molecule has 6 aliphatic rings. The molecule has 0 atom stereocenters. The van der Waals surface area contributed by atoms with Crippen molar-refractivity contribution in [1.82, 2.24) is 0 Å². The van der Waals surface area contributed by atoms with E-state index >= 15 is 0 Å². The number of rotatable bonds is 12. The number of carbonyl (C=O) groups excluding carboxylic acids is 2. The third kappa shape index (κ3) is 9.78. The highest BCUT2D eigenvalue weighted by molar-refractivity contribution is 8.43. The highest BCUT2D eigenvalue weighted by Crippen LogP contribution is 2.66. The monoisotopic (exact) mass is 890 g/mol. The van der Waals surface area contributed by atoms with Crippen LogP contribution in [0.3, 0.4) is 0 Å². The van der Waals surface area contributed by atoms with E-state index in [2.05, 4.69) is 12.5 Å². The maximum Gasteiger partial charge on any atom is 0.338 e. The van der Waals surface area contributed by atoms with Crippen LogP contribution in [0, 0.1) is 0 Å². The molecule has 0 fully saturated rings. The fraction of sp³-hybridized carbons (Fsp3) is 0.412. The number of allylic oxidation sites excluding steroid dienone is 4. The molecule has 0 N–H and O–H groups in total. The van der Waals surface area contributed by atoms with Gasteiger partial charge in [0.1, 0.15) is 13.2 Å². The molecule has 0 saturated heterocycles. The highest BCUT2D eigenvalue weighted by Gasteiger charge is 2.32. The second kappa shape index (κ2) is 19.1. The lowest BCUT2D eigenvalue weighted by Crippen LogP contribution is -2.11. The molecular weight excluding hydrogens is 857 g/mol. The van der Waals surface area contributed by atoms with Gasteiger partial charge in [-0.25, -0.2) is 9.59 Å². The molecular formula is C34H34O4S12. The third-order valence-electron chi connectivity index (χ3n) is 7.81. The van der Waals surface area contributed by atoms with Crippen LogP contribution in [0.2, 0.25) is 0 Å². The van der Waals surface area contributed by atoms with E-state index in [0.717, 1.165) is 0 Å². The summed E-state index contributed by atoms with van der Waals surface area (Å²) in [6.07, 6.45) is 14.4. The predicted octanol–water partition coefficient (Wildman–Crippen LogP) is 14.2. The first-order chi connectivity index (χ1) is 24.5. The van der Waals surface area contributed by atoms with Gasteiger partial charge in [0.15, 0.2) is 0 Å². The number of hydrogen-bond acceptors (Lipinski definition) is 16. The number of hydrogen-bond donors (Lipinski definition) is 0. The maximum atomic E-state index is 12.9. The first-order valence-corrected chi connectivity index (χ1v) is 27.1. The van der Waals surface area contributed by atoms with Gasteiger partial charge in [0, 0.05) is 31.1 Å². The molecule has 16 heteroatoms. The topological polar surface area (TPSA) is 52.6 Å². The van der Waals surface area contributed by atoms with Crippen LogP contribution in [0.1, 0.15) is 72.1 Å². The molecule has 0 aromatic heterocycles. The van der Waals surface area contributed by atoms with E-state index in [4.69, 9.17) is 9.47 Å². The van der Waals surface area contributed by atoms with Gasteiger partial charge in [-0.2, -0.15) is 0 Å². The summed E-state index contributed by atoms with van der Waals surface area (Å²) in [4.78, 5) is 32.1. The quantitative estimate of drug-likeness (QED) is 0.148. The maximum absolute atomic E-state index is 12.9. The molecule has 1 aromatic carbocycles. The van der Waals surface area contributed by atoms with E-state index in [1.54, 1.807) is 90.9 Å². The minimum atomic E-state index is -0.423. The molecule has 0 radical (unpaired) electrons. The van der Waals surface area contributed by atoms with Gasteiger partial charge in [-0.15, -0.1) is 47.0 Å². The summed E-state index contributed by atoms with van der Waals surface area (Å²) in [6.45, 7) is 0.603. The van der Waals surface area contributed by atoms with Crippen LogP contribution in [0.5, 0.6) is 0 Å². The van der Waals surface area contributed by atoms with Gasteiger partial charge < -0.3 is 9.47 Å². The molecule has 266 valence electrons. The fourth-order valence-electron chi connectivity index (χ4n) is 5.40. The average Bonchev–Trinajstić information content (AvgIpc) is 3.95. The smallest absolute Gasteiger partial charge is 0.338 e. The molecule has 0 bridgehead atoms. The van der Waals surface area contributed by atoms with E-state index in [1.807, 2.05) is 94.1 Å². The van der Waals surface area contributed by atoms with Gasteiger partial charge in [0.25, 0.3) is 0 Å². The normalized spacial score (nSPS) is 20.8. The Labute approximate surface area is 346 Å². The Kier molecular flexibility index (Phi) is 14.9. The van der Waals surface area contributed by atoms with Crippen molar-refractivity contribution in [2.24, 2.45) is 0 Å². The van der Waals surface area contributed by atoms with Crippen LogP contribution in [0.15, 0.2) is 77.8 Å². The van der Waals surface area contributed by atoms with Crippen molar-refractivity contribution in [2.75, 3.05) is 37.2 Å². The van der Waals surface area contributed by atoms with Gasteiger partial charge in [-0.3, -0.25) is 0 Å². The lowest BCUT2D eigenvalue weighted by atomic mass is 10.1. The number of carbonyl (C=O) groups is 2. The largest absolute Gasteiger partial charge is 0.461 e. The minimum Gasteiger partial charge on any atom is -0.461 e. The van der Waals surface area contributed by atoms with Gasteiger partial charge in [0.2, 0.25) is 0 Å². The summed E-state index contributed by atoms with van der Waals surface area (Å²) in [5.41, 5.74) is 0.724. The third-order valence-corrected chi connectivity index (χ3v) is 25.1. The van der Waals surface area contributed by atoms with Crippen LogP contribution in [0.25, 0.3) is 0 Å². The highest BCUT2D eigenvalue weighted by atomic mass is 32.3. The molecule has 2 aliphatic carbocycles. The van der Waals surface area contributed by atoms with Gasteiger partial charge in [-0.1, -0.05) is 100 Å². The first-order valence-electron chi connectivity index (χ1n) is 16.1. The Hall–Kier alpha value is 0.800. The second-order valence-corrected chi connectivity index (χ2v) is 25.6. The average molecular weight is 891 g/mol. The van der Waals surface area contributed by atoms with E-state index in [0.29, 0.717) is 35.8 Å². The Morgan fingerprint density at radius 1 is 0.560 bits per heavy atom. The van der Waals surface area contributed by atoms with Crippen molar-refractivity contribution in [3.8, 4) is 0 Å². The summed E-state index contributed by atoms with van der Waals surface area (Å²) < 4.78 is 22.1. The first kappa shape index (κ1) is 39.1. The Morgan fingerprint density at radius 2 is 0.920 bits per heavy atom. The molecule has 4 aliphatic heterocycles. The van der Waals surface area contributed by atoms with E-state index < -0.39 is 11.9 Å². The van der Waals surface area contributed by atoms with Crippen LogP contribution in [-0.2, 0) is 9.47 Å². The lowest BCUT2D eigenvalue weighted by molar-refractivity contribution is 0.0529. The van der Waals surface area contributed by atoms with E-state index in [9.17, 15) is 9.59 Å². The van der Waals surface area contributed by atoms with Crippen molar-refractivity contribution in [1.29, 1.82) is 0 Å². The Balaban J connectivity index is 0.832. The summed E-state index contributed by atoms with van der Waals surface area (Å²) in [7, 11) is 0. The minimum absolute atomic E-state index is 0.301. The predicted molar refractivity (Wildman–Crippen MR) is 239 cm³/mol. The zero-order chi connectivity index (χ0) is 34.5. The number of thioether (sulfide) groups is 12. The molecule has 4 nitrogen and oxygen atoms in total. The molecule has 0 saturated carbocycles. The summed E-state index contributed by atoms with van der Waals surface area (Å²) >= 11 is 22.5. The molecule has 7 rings (SSSR count). The Morgan fingerprint density at radius 3 is 1.30 bits per heavy atom. The molecule has 0 spiro atoms. The van der Waals surface area contributed by atoms with E-state index in [-0.39, 0.29) is 0 Å². The molecule has 50 heavy (non-hydrogen) atoms. The van der Waals surface area contributed by atoms with Crippen LogP contribution < -0.4 is 0 Å². The van der Waals surface area contributed by atoms with Crippen LogP contribution in [-0.4, -0.2) is 49.2 Å². The SMILES string of the molecule is CSC1=C(SCCOC(=O)c2cccc(C(=O)OCCSC3=C(SC)SC(=C4SC5=C(CCCC5)S4)S3)c2)SC(=C2SC3=C(CCCC3)S2)S1. The second-order valence-electron chi connectivity index (χ2n) is 11.2. The standard InChI is InChI=1S/C34H34O4S12/c1-39-27-29(49-33(47-27)31-43-21-10-3-4-11-22(21)44-31)41-16-14-37-25(35)19-8-7-9-20(18-19)26(36)38-15-17-42-30-28(40-2)48-34(50-30)32-45-23-12-5-6-13-24(23)46-32/h7-9,18H,3-6,10-17H2,1-2H3. The van der Waals surface area contributed by atoms with E-state index in [1.165, 1.54) is 85.3 Å². The molecule has 1 aromatic rings.